The van der Waals surface area contributed by atoms with Crippen LogP contribution in [0.3, 0.4) is 0 Å². The number of nitriles is 1. The summed E-state index contributed by atoms with van der Waals surface area (Å²) in [7, 11) is 0. The minimum atomic E-state index is -2.86. The van der Waals surface area contributed by atoms with Gasteiger partial charge in [-0.05, 0) is 19.3 Å². The average Bonchev–Trinajstić information content (AvgIpc) is 2.47. The monoisotopic (exact) mass is 314 g/mol. The SMILES string of the molecule is N#C[C@H](C[C@@H]1CCCNC1=O)NC(=O)[C@@H]1CC(F)(F)CCN1. The van der Waals surface area contributed by atoms with Gasteiger partial charge in [0, 0.05) is 31.8 Å². The Bertz CT molecular complexity index is 478. The molecule has 2 aliphatic rings. The van der Waals surface area contributed by atoms with Crippen LogP contribution in [-0.4, -0.2) is 42.9 Å². The molecule has 0 saturated carbocycles. The fraction of sp³-hybridized carbons (Fsp3) is 0.786. The molecular formula is C14H20F2N4O2. The number of hydrogen-bond acceptors (Lipinski definition) is 4. The highest BCUT2D eigenvalue weighted by atomic mass is 19.3. The van der Waals surface area contributed by atoms with Crippen LogP contribution >= 0.6 is 0 Å². The van der Waals surface area contributed by atoms with Gasteiger partial charge in [-0.2, -0.15) is 5.26 Å². The lowest BCUT2D eigenvalue weighted by molar-refractivity contribution is -0.130. The molecular weight excluding hydrogens is 294 g/mol. The van der Waals surface area contributed by atoms with Crippen LogP contribution in [0.4, 0.5) is 8.78 Å². The lowest BCUT2D eigenvalue weighted by Crippen LogP contribution is -2.54. The molecule has 0 radical (unpaired) electrons. The maximum absolute atomic E-state index is 13.3. The number of piperidine rings is 2. The summed E-state index contributed by atoms with van der Waals surface area (Å²) >= 11 is 0. The smallest absolute Gasteiger partial charge is 0.251 e. The van der Waals surface area contributed by atoms with Crippen molar-refractivity contribution in [2.45, 2.75) is 50.1 Å². The van der Waals surface area contributed by atoms with Crippen LogP contribution in [0, 0.1) is 17.2 Å². The van der Waals surface area contributed by atoms with Crippen molar-refractivity contribution in [1.82, 2.24) is 16.0 Å². The van der Waals surface area contributed by atoms with Crippen LogP contribution in [0.2, 0.25) is 0 Å². The maximum Gasteiger partial charge on any atom is 0.251 e. The van der Waals surface area contributed by atoms with Gasteiger partial charge in [-0.25, -0.2) is 8.78 Å². The molecule has 3 atom stereocenters. The van der Waals surface area contributed by atoms with Crippen LogP contribution in [-0.2, 0) is 9.59 Å². The molecule has 6 nitrogen and oxygen atoms in total. The molecule has 0 aliphatic carbocycles. The zero-order valence-electron chi connectivity index (χ0n) is 12.2. The quantitative estimate of drug-likeness (QED) is 0.695. The maximum atomic E-state index is 13.3. The fourth-order valence-electron chi connectivity index (χ4n) is 2.85. The Kier molecular flexibility index (Phi) is 5.29. The minimum absolute atomic E-state index is 0.0628. The van der Waals surface area contributed by atoms with Crippen molar-refractivity contribution in [2.24, 2.45) is 5.92 Å². The lowest BCUT2D eigenvalue weighted by Gasteiger charge is -2.30. The van der Waals surface area contributed by atoms with E-state index in [1.54, 1.807) is 0 Å². The summed E-state index contributed by atoms with van der Waals surface area (Å²) in [5.41, 5.74) is 0. The van der Waals surface area contributed by atoms with Crippen molar-refractivity contribution in [3.05, 3.63) is 0 Å². The van der Waals surface area contributed by atoms with Gasteiger partial charge < -0.3 is 16.0 Å². The summed E-state index contributed by atoms with van der Waals surface area (Å²) in [6, 6.07) is 0.0848. The molecule has 0 spiro atoms. The van der Waals surface area contributed by atoms with Crippen LogP contribution in [0.1, 0.15) is 32.1 Å². The number of nitrogens with zero attached hydrogens (tertiary/aromatic N) is 1. The third-order valence-electron chi connectivity index (χ3n) is 4.09. The Morgan fingerprint density at radius 1 is 1.50 bits per heavy atom. The van der Waals surface area contributed by atoms with Gasteiger partial charge in [-0.3, -0.25) is 9.59 Å². The lowest BCUT2D eigenvalue weighted by atomic mass is 9.91. The molecule has 2 aliphatic heterocycles. The Hall–Kier alpha value is -1.75. The van der Waals surface area contributed by atoms with Gasteiger partial charge in [-0.15, -0.1) is 0 Å². The largest absolute Gasteiger partial charge is 0.356 e. The molecule has 3 N–H and O–H groups in total. The topological polar surface area (TPSA) is 94.0 Å². The van der Waals surface area contributed by atoms with Crippen molar-refractivity contribution in [3.63, 3.8) is 0 Å². The molecule has 2 amide bonds. The van der Waals surface area contributed by atoms with Gasteiger partial charge in [-0.1, -0.05) is 0 Å². The summed E-state index contributed by atoms with van der Waals surface area (Å²) in [5, 5.41) is 17.0. The third-order valence-corrected chi connectivity index (χ3v) is 4.09. The normalized spacial score (nSPS) is 29.0. The van der Waals surface area contributed by atoms with E-state index >= 15 is 0 Å². The molecule has 2 saturated heterocycles. The number of nitrogens with one attached hydrogen (secondary N) is 3. The standard InChI is InChI=1S/C14H20F2N4O2/c15-14(16)3-5-18-11(7-14)13(22)20-10(8-17)6-9-2-1-4-19-12(9)21/h9-11,18H,1-7H2,(H,19,21)(H,20,22)/t9-,10-,11-/m0/s1. The second kappa shape index (κ2) is 7.01. The summed E-state index contributed by atoms with van der Waals surface area (Å²) < 4.78 is 26.6. The zero-order valence-corrected chi connectivity index (χ0v) is 12.2. The van der Waals surface area contributed by atoms with E-state index in [1.165, 1.54) is 0 Å². The number of halogens is 2. The van der Waals surface area contributed by atoms with Crippen LogP contribution < -0.4 is 16.0 Å². The Balaban J connectivity index is 1.88. The first-order valence-electron chi connectivity index (χ1n) is 7.50. The average molecular weight is 314 g/mol. The van der Waals surface area contributed by atoms with E-state index in [-0.39, 0.29) is 31.2 Å². The first kappa shape index (κ1) is 16.6. The summed E-state index contributed by atoms with van der Waals surface area (Å²) in [5.74, 6) is -3.91. The van der Waals surface area contributed by atoms with E-state index in [0.717, 1.165) is 6.42 Å². The molecule has 0 aromatic rings. The molecule has 8 heteroatoms. The van der Waals surface area contributed by atoms with E-state index in [0.29, 0.717) is 13.0 Å². The molecule has 2 heterocycles. The van der Waals surface area contributed by atoms with E-state index in [2.05, 4.69) is 16.0 Å². The van der Waals surface area contributed by atoms with Crippen molar-refractivity contribution >= 4 is 11.8 Å². The molecule has 0 aromatic carbocycles. The predicted molar refractivity (Wildman–Crippen MR) is 73.9 cm³/mol. The van der Waals surface area contributed by atoms with Crippen LogP contribution in [0.5, 0.6) is 0 Å². The van der Waals surface area contributed by atoms with Crippen LogP contribution in [0.25, 0.3) is 0 Å². The van der Waals surface area contributed by atoms with E-state index in [4.69, 9.17) is 5.26 Å². The number of carbonyl (C=O) groups excluding carboxylic acids is 2. The molecule has 22 heavy (non-hydrogen) atoms. The summed E-state index contributed by atoms with van der Waals surface area (Å²) in [6.45, 7) is 0.688. The highest BCUT2D eigenvalue weighted by Crippen LogP contribution is 2.27. The highest BCUT2D eigenvalue weighted by Gasteiger charge is 2.39. The molecule has 2 fully saturated rings. The Morgan fingerprint density at radius 2 is 2.27 bits per heavy atom. The zero-order chi connectivity index (χ0) is 16.2. The predicted octanol–water partition coefficient (Wildman–Crippen LogP) is 0.298. The molecule has 0 bridgehead atoms. The summed E-state index contributed by atoms with van der Waals surface area (Å²) in [4.78, 5) is 23.7. The highest BCUT2D eigenvalue weighted by molar-refractivity contribution is 5.83. The molecule has 2 rings (SSSR count). The Labute approximate surface area is 127 Å². The van der Waals surface area contributed by atoms with Gasteiger partial charge in [0.25, 0.3) is 5.92 Å². The Morgan fingerprint density at radius 3 is 2.91 bits per heavy atom. The van der Waals surface area contributed by atoms with Crippen molar-refractivity contribution in [3.8, 4) is 6.07 Å². The molecule has 0 aromatic heterocycles. The first-order chi connectivity index (χ1) is 10.4. The van der Waals surface area contributed by atoms with Crippen molar-refractivity contribution in [1.29, 1.82) is 5.26 Å². The third kappa shape index (κ3) is 4.37. The van der Waals surface area contributed by atoms with Gasteiger partial charge in [0.2, 0.25) is 11.8 Å². The van der Waals surface area contributed by atoms with Crippen molar-refractivity contribution in [2.75, 3.05) is 13.1 Å². The number of carbonyl (C=O) groups is 2. The number of hydrogen-bond donors (Lipinski definition) is 3. The second-order valence-corrected chi connectivity index (χ2v) is 5.87. The van der Waals surface area contributed by atoms with Gasteiger partial charge >= 0.3 is 0 Å². The van der Waals surface area contributed by atoms with Gasteiger partial charge in [0.1, 0.15) is 6.04 Å². The first-order valence-corrected chi connectivity index (χ1v) is 7.50. The van der Waals surface area contributed by atoms with Gasteiger partial charge in [0.05, 0.1) is 12.1 Å². The van der Waals surface area contributed by atoms with Gasteiger partial charge in [0.15, 0.2) is 0 Å². The van der Waals surface area contributed by atoms with Crippen LogP contribution in [0.15, 0.2) is 0 Å². The molecule has 0 unspecified atom stereocenters. The number of amides is 2. The van der Waals surface area contributed by atoms with E-state index in [9.17, 15) is 18.4 Å². The number of rotatable bonds is 4. The fourth-order valence-corrected chi connectivity index (χ4v) is 2.85. The second-order valence-electron chi connectivity index (χ2n) is 5.87. The molecule has 122 valence electrons. The van der Waals surface area contributed by atoms with E-state index < -0.39 is 30.3 Å². The van der Waals surface area contributed by atoms with E-state index in [1.807, 2.05) is 6.07 Å². The van der Waals surface area contributed by atoms with Crippen molar-refractivity contribution < 1.29 is 18.4 Å². The minimum Gasteiger partial charge on any atom is -0.356 e. The summed E-state index contributed by atoms with van der Waals surface area (Å²) in [6.07, 6.45) is 0.845. The number of alkyl halides is 2.